The van der Waals surface area contributed by atoms with Crippen LogP contribution in [0, 0.1) is 54.7 Å². The van der Waals surface area contributed by atoms with Crippen LogP contribution in [0.25, 0.3) is 0 Å². The maximum Gasteiger partial charge on any atom is 3.00 e. The second-order valence-electron chi connectivity index (χ2n) is 7.81. The van der Waals surface area contributed by atoms with E-state index in [1.54, 1.807) is 0 Å². The summed E-state index contributed by atoms with van der Waals surface area (Å²) in [7, 11) is -5.39. The zero-order valence-electron chi connectivity index (χ0n) is 20.1. The van der Waals surface area contributed by atoms with Gasteiger partial charge in [0.1, 0.15) is 0 Å². The molecule has 1 radical (unpaired) electrons. The zero-order chi connectivity index (χ0) is 22.6. The summed E-state index contributed by atoms with van der Waals surface area (Å²) in [6, 6.07) is 0. The summed E-state index contributed by atoms with van der Waals surface area (Å²) >= 11 is 0. The third kappa shape index (κ3) is 63.0. The van der Waals surface area contributed by atoms with Crippen LogP contribution in [0.4, 0.5) is 0 Å². The van der Waals surface area contributed by atoms with Crippen molar-refractivity contribution >= 4 is 7.82 Å². The van der Waals surface area contributed by atoms with E-state index in [1.165, 1.54) is 116 Å². The van der Waals surface area contributed by atoms with E-state index in [9.17, 15) is 0 Å². The van der Waals surface area contributed by atoms with E-state index in [-0.39, 0.29) is 40.8 Å². The third-order valence-electron chi connectivity index (χ3n) is 4.71. The van der Waals surface area contributed by atoms with Crippen LogP contribution in [0.2, 0.25) is 0 Å². The first-order chi connectivity index (χ1) is 13.8. The minimum atomic E-state index is -5.39. The fourth-order valence-electron chi connectivity index (χ4n) is 2.97. The Morgan fingerprint density at radius 3 is 0.833 bits per heavy atom. The van der Waals surface area contributed by atoms with E-state index in [0.29, 0.717) is 0 Å². The molecule has 30 heavy (non-hydrogen) atoms. The first-order valence-electron chi connectivity index (χ1n) is 12.1. The van der Waals surface area contributed by atoms with Gasteiger partial charge in [-0.2, -0.15) is 20.7 Å². The van der Waals surface area contributed by atoms with Crippen molar-refractivity contribution in [3.05, 3.63) is 13.8 Å². The molecule has 0 aromatic heterocycles. The van der Waals surface area contributed by atoms with Gasteiger partial charge in [-0.15, -0.1) is 0 Å². The molecule has 0 aliphatic carbocycles. The van der Waals surface area contributed by atoms with E-state index < -0.39 is 7.82 Å². The fraction of sp³-hybridized carbons (Fsp3) is 0.917. The molecule has 0 aromatic carbocycles. The Balaban J connectivity index is -0.000000180. The summed E-state index contributed by atoms with van der Waals surface area (Å²) in [5, 5.41) is 0. The SMILES string of the molecule is O=P([O-])([O-])[O-].[CH2-]CCCCCCCCCCC.[CH2-]CCCCCCCCCCC.[Nd+3]. The van der Waals surface area contributed by atoms with Gasteiger partial charge < -0.3 is 33.1 Å². The summed E-state index contributed by atoms with van der Waals surface area (Å²) in [5.74, 6) is 0. The molecule has 0 unspecified atom stereocenters. The average Bonchev–Trinajstić information content (AvgIpc) is 2.65. The number of hydrogen-bond acceptors (Lipinski definition) is 4. The van der Waals surface area contributed by atoms with Gasteiger partial charge in [0.25, 0.3) is 0 Å². The third-order valence-corrected chi connectivity index (χ3v) is 4.71. The largest absolute Gasteiger partial charge is 3.00 e. The molecule has 0 aromatic rings. The molecule has 0 spiro atoms. The van der Waals surface area contributed by atoms with Gasteiger partial charge in [0.05, 0.1) is 0 Å². The molecule has 0 atom stereocenters. The topological polar surface area (TPSA) is 86.2 Å². The Labute approximate surface area is 222 Å². The molecule has 0 saturated carbocycles. The van der Waals surface area contributed by atoms with Crippen LogP contribution >= 0.6 is 7.82 Å². The van der Waals surface area contributed by atoms with Crippen molar-refractivity contribution in [2.45, 2.75) is 142 Å². The summed E-state index contributed by atoms with van der Waals surface area (Å²) in [5.41, 5.74) is 0. The molecule has 0 bridgehead atoms. The van der Waals surface area contributed by atoms with Crippen LogP contribution < -0.4 is 14.7 Å². The quantitative estimate of drug-likeness (QED) is 0.104. The monoisotopic (exact) mass is 575 g/mol. The van der Waals surface area contributed by atoms with Crippen molar-refractivity contribution in [3.63, 3.8) is 0 Å². The number of phosphoric acid groups is 1. The van der Waals surface area contributed by atoms with Gasteiger partial charge in [0, 0.05) is 0 Å². The molecule has 0 amide bonds. The normalized spacial score (nSPS) is 10.4. The predicted molar refractivity (Wildman–Crippen MR) is 122 cm³/mol. The van der Waals surface area contributed by atoms with Crippen molar-refractivity contribution in [1.82, 2.24) is 0 Å². The summed E-state index contributed by atoms with van der Waals surface area (Å²) in [6.45, 7) is 12.2. The zero-order valence-corrected chi connectivity index (χ0v) is 24.2. The molecule has 6 heteroatoms. The summed E-state index contributed by atoms with van der Waals surface area (Å²) in [4.78, 5) is 25.6. The smallest absolute Gasteiger partial charge is 0.822 e. The van der Waals surface area contributed by atoms with Gasteiger partial charge in [0.15, 0.2) is 0 Å². The van der Waals surface area contributed by atoms with Gasteiger partial charge >= 0.3 is 40.8 Å². The molecule has 4 nitrogen and oxygen atoms in total. The van der Waals surface area contributed by atoms with Crippen LogP contribution in [0.15, 0.2) is 0 Å². The molecule has 181 valence electrons. The Hall–Kier alpha value is 1.46. The Morgan fingerprint density at radius 2 is 0.667 bits per heavy atom. The van der Waals surface area contributed by atoms with Crippen LogP contribution in [0.3, 0.4) is 0 Å². The van der Waals surface area contributed by atoms with Gasteiger partial charge in [0.2, 0.25) is 0 Å². The molecular formula is C24H50NdO4P-2. The maximum atomic E-state index is 8.55. The summed E-state index contributed by atoms with van der Waals surface area (Å²) in [6.07, 6.45) is 27.8. The predicted octanol–water partition coefficient (Wildman–Crippen LogP) is 6.66. The Morgan fingerprint density at radius 1 is 0.500 bits per heavy atom. The number of hydrogen-bond donors (Lipinski definition) is 0. The number of unbranched alkanes of at least 4 members (excludes halogenated alkanes) is 18. The van der Waals surface area contributed by atoms with Crippen LogP contribution in [-0.4, -0.2) is 0 Å². The minimum absolute atomic E-state index is 0. The van der Waals surface area contributed by atoms with Crippen molar-refractivity contribution in [3.8, 4) is 0 Å². The summed E-state index contributed by atoms with van der Waals surface area (Å²) < 4.78 is 8.55. The standard InChI is InChI=1S/2C12H25.Nd.H3O4P/c2*1-3-5-7-9-11-12-10-8-6-4-2;;1-5(2,3)4/h2*1,3-12H2,2H3;;(H3,1,2,3,4)/q2*-1;+3;/p-3. The van der Waals surface area contributed by atoms with Crippen LogP contribution in [0.5, 0.6) is 0 Å². The van der Waals surface area contributed by atoms with Gasteiger partial charge in [-0.1, -0.05) is 129 Å². The van der Waals surface area contributed by atoms with E-state index >= 15 is 0 Å². The van der Waals surface area contributed by atoms with Crippen molar-refractivity contribution < 1.29 is 60.1 Å². The molecule has 0 aliphatic heterocycles. The Kier molecular flexibility index (Phi) is 45.2. The van der Waals surface area contributed by atoms with Crippen LogP contribution in [-0.2, 0) is 4.57 Å². The van der Waals surface area contributed by atoms with E-state index in [2.05, 4.69) is 27.7 Å². The molecule has 0 aliphatic rings. The van der Waals surface area contributed by atoms with E-state index in [4.69, 9.17) is 19.2 Å². The fourth-order valence-corrected chi connectivity index (χ4v) is 2.97. The molecule has 0 rings (SSSR count). The Bertz CT molecular complexity index is 263. The molecule has 0 saturated heterocycles. The maximum absolute atomic E-state index is 8.55. The second kappa shape index (κ2) is 35.1. The van der Waals surface area contributed by atoms with Crippen molar-refractivity contribution in [1.29, 1.82) is 0 Å². The average molecular weight is 578 g/mol. The van der Waals surface area contributed by atoms with Gasteiger partial charge in [-0.3, -0.25) is 0 Å². The van der Waals surface area contributed by atoms with Gasteiger partial charge in [-0.05, 0) is 0 Å². The molecule has 0 fully saturated rings. The van der Waals surface area contributed by atoms with Crippen LogP contribution in [0.1, 0.15) is 142 Å². The van der Waals surface area contributed by atoms with Crippen molar-refractivity contribution in [2.24, 2.45) is 0 Å². The van der Waals surface area contributed by atoms with E-state index in [1.807, 2.05) is 0 Å². The first kappa shape index (κ1) is 38.7. The molecule has 0 N–H and O–H groups in total. The molecular weight excluding hydrogens is 527 g/mol. The van der Waals surface area contributed by atoms with Gasteiger partial charge in [-0.25, -0.2) is 0 Å². The van der Waals surface area contributed by atoms with Crippen molar-refractivity contribution in [2.75, 3.05) is 0 Å². The van der Waals surface area contributed by atoms with E-state index in [0.717, 1.165) is 12.8 Å². The number of rotatable bonds is 18. The minimum Gasteiger partial charge on any atom is -0.822 e. The first-order valence-corrected chi connectivity index (χ1v) is 13.6. The molecule has 0 heterocycles. The second-order valence-corrected chi connectivity index (χ2v) is 8.71.